The Labute approximate surface area is 207 Å². The molecule has 11 heteroatoms. The van der Waals surface area contributed by atoms with E-state index in [4.69, 9.17) is 4.74 Å². The first-order valence-electron chi connectivity index (χ1n) is 11.1. The molecule has 0 aliphatic carbocycles. The SMILES string of the molecule is CCC(=O)c1cnc(N(C)c2ccc(O)cn2)cc1N(C)c1cc(F)cc(-c2ncn(C)n2)c1OC. The van der Waals surface area contributed by atoms with E-state index in [1.54, 1.807) is 50.0 Å². The van der Waals surface area contributed by atoms with Crippen molar-refractivity contribution in [3.63, 3.8) is 0 Å². The quantitative estimate of drug-likeness (QED) is 0.362. The van der Waals surface area contributed by atoms with Gasteiger partial charge in [0.2, 0.25) is 0 Å². The highest BCUT2D eigenvalue weighted by molar-refractivity contribution is 6.02. The summed E-state index contributed by atoms with van der Waals surface area (Å²) in [4.78, 5) is 29.1. The summed E-state index contributed by atoms with van der Waals surface area (Å²) in [6.45, 7) is 1.76. The van der Waals surface area contributed by atoms with Crippen LogP contribution in [0.1, 0.15) is 23.7 Å². The lowest BCUT2D eigenvalue weighted by Gasteiger charge is -2.27. The Morgan fingerprint density at radius 1 is 1.06 bits per heavy atom. The van der Waals surface area contributed by atoms with Crippen LogP contribution in [0.4, 0.5) is 27.4 Å². The van der Waals surface area contributed by atoms with Crippen molar-refractivity contribution in [3.8, 4) is 22.9 Å². The van der Waals surface area contributed by atoms with Gasteiger partial charge in [-0.05, 0) is 18.2 Å². The Morgan fingerprint density at radius 2 is 1.81 bits per heavy atom. The zero-order valence-corrected chi connectivity index (χ0v) is 20.6. The molecule has 0 aliphatic rings. The fourth-order valence-electron chi connectivity index (χ4n) is 3.80. The van der Waals surface area contributed by atoms with Gasteiger partial charge in [-0.25, -0.2) is 19.3 Å². The minimum absolute atomic E-state index is 0.0424. The Balaban J connectivity index is 1.86. The summed E-state index contributed by atoms with van der Waals surface area (Å²) < 4.78 is 22.0. The Morgan fingerprint density at radius 3 is 2.42 bits per heavy atom. The van der Waals surface area contributed by atoms with E-state index in [-0.39, 0.29) is 18.0 Å². The van der Waals surface area contributed by atoms with Gasteiger partial charge in [-0.1, -0.05) is 6.92 Å². The summed E-state index contributed by atoms with van der Waals surface area (Å²) in [6, 6.07) is 7.53. The highest BCUT2D eigenvalue weighted by Crippen LogP contribution is 2.42. The first kappa shape index (κ1) is 24.6. The predicted octanol–water partition coefficient (Wildman–Crippen LogP) is 4.25. The molecule has 4 rings (SSSR count). The van der Waals surface area contributed by atoms with Gasteiger partial charge in [-0.3, -0.25) is 9.48 Å². The number of ether oxygens (including phenoxy) is 1. The zero-order chi connectivity index (χ0) is 26.0. The van der Waals surface area contributed by atoms with Crippen LogP contribution in [0.25, 0.3) is 11.4 Å². The second-order valence-corrected chi connectivity index (χ2v) is 8.08. The van der Waals surface area contributed by atoms with Crippen LogP contribution in [0.3, 0.4) is 0 Å². The number of nitrogens with zero attached hydrogens (tertiary/aromatic N) is 7. The van der Waals surface area contributed by atoms with Gasteiger partial charge < -0.3 is 19.6 Å². The van der Waals surface area contributed by atoms with E-state index in [9.17, 15) is 14.3 Å². The van der Waals surface area contributed by atoms with Gasteiger partial charge in [-0.2, -0.15) is 5.10 Å². The van der Waals surface area contributed by atoms with Crippen LogP contribution in [0, 0.1) is 5.82 Å². The van der Waals surface area contributed by atoms with E-state index in [2.05, 4.69) is 20.1 Å². The molecule has 10 nitrogen and oxygen atoms in total. The average Bonchev–Trinajstić information content (AvgIpc) is 3.33. The second-order valence-electron chi connectivity index (χ2n) is 8.08. The smallest absolute Gasteiger partial charge is 0.185 e. The van der Waals surface area contributed by atoms with Crippen molar-refractivity contribution in [3.05, 3.63) is 60.4 Å². The van der Waals surface area contributed by atoms with Gasteiger partial charge in [-0.15, -0.1) is 0 Å². The summed E-state index contributed by atoms with van der Waals surface area (Å²) in [5.41, 5.74) is 1.64. The first-order chi connectivity index (χ1) is 17.2. The normalized spacial score (nSPS) is 10.8. The number of carbonyl (C=O) groups excluding carboxylic acids is 1. The molecular formula is C25H26FN7O3. The maximum atomic E-state index is 14.8. The number of hydrogen-bond donors (Lipinski definition) is 1. The molecule has 0 atom stereocenters. The minimum Gasteiger partial charge on any atom is -0.506 e. The molecule has 1 N–H and O–H groups in total. The summed E-state index contributed by atoms with van der Waals surface area (Å²) in [5, 5.41) is 13.8. The third kappa shape index (κ3) is 4.67. The van der Waals surface area contributed by atoms with Gasteiger partial charge in [0, 0.05) is 45.9 Å². The topological polar surface area (TPSA) is 110 Å². The maximum Gasteiger partial charge on any atom is 0.185 e. The Bertz CT molecular complexity index is 1410. The van der Waals surface area contributed by atoms with Crippen LogP contribution >= 0.6 is 0 Å². The number of hydrogen-bond acceptors (Lipinski definition) is 9. The fourth-order valence-corrected chi connectivity index (χ4v) is 3.80. The second kappa shape index (κ2) is 9.98. The van der Waals surface area contributed by atoms with Crippen LogP contribution in [0.5, 0.6) is 11.5 Å². The van der Waals surface area contributed by atoms with Crippen LogP contribution in [-0.4, -0.2) is 56.8 Å². The van der Waals surface area contributed by atoms with Gasteiger partial charge in [0.25, 0.3) is 0 Å². The van der Waals surface area contributed by atoms with Crippen LogP contribution in [0.2, 0.25) is 0 Å². The van der Waals surface area contributed by atoms with E-state index in [0.29, 0.717) is 45.7 Å². The molecule has 0 spiro atoms. The third-order valence-electron chi connectivity index (χ3n) is 5.71. The highest BCUT2D eigenvalue weighted by Gasteiger charge is 2.24. The fraction of sp³-hybridized carbons (Fsp3) is 0.240. The van der Waals surface area contributed by atoms with Crippen molar-refractivity contribution in [2.45, 2.75) is 13.3 Å². The average molecular weight is 492 g/mol. The largest absolute Gasteiger partial charge is 0.506 e. The molecule has 186 valence electrons. The highest BCUT2D eigenvalue weighted by atomic mass is 19.1. The molecule has 3 aromatic heterocycles. The van der Waals surface area contributed by atoms with E-state index in [1.165, 1.54) is 48.7 Å². The first-order valence-corrected chi connectivity index (χ1v) is 11.1. The molecule has 36 heavy (non-hydrogen) atoms. The van der Waals surface area contributed by atoms with Crippen molar-refractivity contribution in [1.82, 2.24) is 24.7 Å². The molecule has 3 heterocycles. The number of methoxy groups -OCH3 is 1. The molecule has 0 unspecified atom stereocenters. The number of pyridine rings is 2. The van der Waals surface area contributed by atoms with E-state index < -0.39 is 5.82 Å². The molecule has 0 amide bonds. The van der Waals surface area contributed by atoms with Crippen molar-refractivity contribution >= 4 is 28.8 Å². The summed E-state index contributed by atoms with van der Waals surface area (Å²) in [7, 11) is 6.69. The molecule has 0 radical (unpaired) electrons. The molecule has 1 aromatic carbocycles. The van der Waals surface area contributed by atoms with Crippen LogP contribution in [-0.2, 0) is 7.05 Å². The maximum absolute atomic E-state index is 14.8. The lowest BCUT2D eigenvalue weighted by molar-refractivity contribution is 0.0988. The number of aromatic hydroxyl groups is 1. The number of rotatable bonds is 8. The number of halogens is 1. The van der Waals surface area contributed by atoms with Gasteiger partial charge in [0.1, 0.15) is 29.5 Å². The lowest BCUT2D eigenvalue weighted by Crippen LogP contribution is -2.19. The number of benzene rings is 1. The number of aryl methyl sites for hydroxylation is 1. The monoisotopic (exact) mass is 491 g/mol. The number of aromatic nitrogens is 5. The summed E-state index contributed by atoms with van der Waals surface area (Å²) in [6.07, 6.45) is 4.61. The van der Waals surface area contributed by atoms with Crippen LogP contribution in [0.15, 0.2) is 49.1 Å². The summed E-state index contributed by atoms with van der Waals surface area (Å²) in [5.74, 6) is 1.10. The molecular weight excluding hydrogens is 465 g/mol. The molecule has 0 saturated heterocycles. The Hall–Kier alpha value is -4.54. The van der Waals surface area contributed by atoms with Crippen molar-refractivity contribution in [1.29, 1.82) is 0 Å². The van der Waals surface area contributed by atoms with E-state index in [1.807, 2.05) is 0 Å². The standard InChI is InChI=1S/C25H26FN7O3/c1-6-21(35)18-13-28-23(33(4)22-8-7-16(34)12-27-22)11-19(18)32(3)20-10-15(26)9-17(24(20)36-5)25-29-14-31(2)30-25/h7-14,34H,6H2,1-5H3. The van der Waals surface area contributed by atoms with Gasteiger partial charge >= 0.3 is 0 Å². The predicted molar refractivity (Wildman–Crippen MR) is 134 cm³/mol. The lowest BCUT2D eigenvalue weighted by atomic mass is 10.1. The molecule has 0 saturated carbocycles. The van der Waals surface area contributed by atoms with E-state index in [0.717, 1.165) is 0 Å². The number of ketones is 1. The molecule has 0 bridgehead atoms. The number of anilines is 4. The van der Waals surface area contributed by atoms with E-state index >= 15 is 0 Å². The molecule has 0 aliphatic heterocycles. The van der Waals surface area contributed by atoms with Gasteiger partial charge in [0.15, 0.2) is 17.4 Å². The Kier molecular flexibility index (Phi) is 6.82. The van der Waals surface area contributed by atoms with Crippen LogP contribution < -0.4 is 14.5 Å². The van der Waals surface area contributed by atoms with Crippen molar-refractivity contribution in [2.24, 2.45) is 7.05 Å². The van der Waals surface area contributed by atoms with Crippen molar-refractivity contribution in [2.75, 3.05) is 31.0 Å². The molecule has 0 fully saturated rings. The zero-order valence-electron chi connectivity index (χ0n) is 20.6. The number of Topliss-reactive ketones (excluding diaryl/α,β-unsaturated/α-hetero) is 1. The third-order valence-corrected chi connectivity index (χ3v) is 5.71. The van der Waals surface area contributed by atoms with Gasteiger partial charge in [0.05, 0.1) is 35.8 Å². The summed E-state index contributed by atoms with van der Waals surface area (Å²) >= 11 is 0. The minimum atomic E-state index is -0.511. The number of carbonyl (C=O) groups is 1. The van der Waals surface area contributed by atoms with Crippen molar-refractivity contribution < 1.29 is 19.0 Å². The molecule has 4 aromatic rings.